The molecule has 2 aromatic carbocycles. The molecule has 27 heavy (non-hydrogen) atoms. The van der Waals surface area contributed by atoms with Crippen LogP contribution in [0.5, 0.6) is 11.5 Å². The second-order valence-electron chi connectivity index (χ2n) is 5.54. The van der Waals surface area contributed by atoms with Crippen molar-refractivity contribution < 1.29 is 19.3 Å². The number of nitro benzene ring substituents is 2. The van der Waals surface area contributed by atoms with Crippen molar-refractivity contribution in [3.05, 3.63) is 62.2 Å². The van der Waals surface area contributed by atoms with Crippen LogP contribution < -0.4 is 14.9 Å². The van der Waals surface area contributed by atoms with Gasteiger partial charge >= 0.3 is 5.69 Å². The van der Waals surface area contributed by atoms with Gasteiger partial charge in [-0.25, -0.2) is 0 Å². The van der Waals surface area contributed by atoms with E-state index in [1.807, 2.05) is 12.1 Å². The molecule has 0 aliphatic rings. The maximum Gasteiger partial charge on any atom is 0.301 e. The van der Waals surface area contributed by atoms with Crippen LogP contribution >= 0.6 is 0 Å². The van der Waals surface area contributed by atoms with E-state index in [0.717, 1.165) is 11.6 Å². The van der Waals surface area contributed by atoms with Gasteiger partial charge < -0.3 is 9.47 Å². The normalized spacial score (nSPS) is 11.0. The summed E-state index contributed by atoms with van der Waals surface area (Å²) in [5.74, 6) is 1.19. The summed E-state index contributed by atoms with van der Waals surface area (Å²) in [4.78, 5) is 20.5. The summed E-state index contributed by atoms with van der Waals surface area (Å²) in [6.45, 7) is 1.75. The number of hydrogen-bond donors (Lipinski definition) is 1. The topological polar surface area (TPSA) is 129 Å². The molecule has 2 rings (SSSR count). The predicted octanol–water partition coefficient (Wildman–Crippen LogP) is 3.55. The number of benzene rings is 2. The van der Waals surface area contributed by atoms with Gasteiger partial charge in [0.15, 0.2) is 11.5 Å². The van der Waals surface area contributed by atoms with Crippen LogP contribution in [0.25, 0.3) is 0 Å². The molecule has 10 heteroatoms. The highest BCUT2D eigenvalue weighted by atomic mass is 16.6. The van der Waals surface area contributed by atoms with Crippen LogP contribution in [-0.2, 0) is 6.42 Å². The van der Waals surface area contributed by atoms with E-state index in [1.54, 1.807) is 20.1 Å². The van der Waals surface area contributed by atoms with Crippen LogP contribution in [0, 0.1) is 20.2 Å². The molecule has 0 aliphatic carbocycles. The van der Waals surface area contributed by atoms with Gasteiger partial charge in [-0.2, -0.15) is 5.10 Å². The number of anilines is 1. The summed E-state index contributed by atoms with van der Waals surface area (Å²) in [6.07, 6.45) is 0.466. The smallest absolute Gasteiger partial charge is 0.301 e. The third kappa shape index (κ3) is 4.91. The zero-order valence-corrected chi connectivity index (χ0v) is 15.0. The van der Waals surface area contributed by atoms with Gasteiger partial charge in [-0.3, -0.25) is 25.7 Å². The number of methoxy groups -OCH3 is 2. The fourth-order valence-corrected chi connectivity index (χ4v) is 2.36. The van der Waals surface area contributed by atoms with E-state index in [2.05, 4.69) is 10.5 Å². The first-order valence-electron chi connectivity index (χ1n) is 7.78. The number of rotatable bonds is 8. The summed E-state index contributed by atoms with van der Waals surface area (Å²) < 4.78 is 10.4. The van der Waals surface area contributed by atoms with Crippen LogP contribution in [0.4, 0.5) is 17.1 Å². The lowest BCUT2D eigenvalue weighted by molar-refractivity contribution is -0.393. The highest BCUT2D eigenvalue weighted by Crippen LogP contribution is 2.29. The molecule has 0 bridgehead atoms. The molecular formula is C17H18N4O6. The maximum absolute atomic E-state index is 11.1. The van der Waals surface area contributed by atoms with Crippen molar-refractivity contribution in [1.82, 2.24) is 0 Å². The van der Waals surface area contributed by atoms with Crippen molar-refractivity contribution >= 4 is 22.8 Å². The molecule has 0 aliphatic heterocycles. The minimum Gasteiger partial charge on any atom is -0.493 e. The largest absolute Gasteiger partial charge is 0.493 e. The van der Waals surface area contributed by atoms with Gasteiger partial charge in [0.25, 0.3) is 5.69 Å². The average Bonchev–Trinajstić information content (AvgIpc) is 2.65. The third-order valence-electron chi connectivity index (χ3n) is 3.66. The molecule has 1 N–H and O–H groups in total. The van der Waals surface area contributed by atoms with Crippen molar-refractivity contribution in [3.8, 4) is 11.5 Å². The van der Waals surface area contributed by atoms with Crippen LogP contribution in [0.3, 0.4) is 0 Å². The molecule has 0 unspecified atom stereocenters. The van der Waals surface area contributed by atoms with Gasteiger partial charge in [0.05, 0.1) is 30.1 Å². The fraction of sp³-hybridized carbons (Fsp3) is 0.235. The van der Waals surface area contributed by atoms with E-state index in [1.165, 1.54) is 19.2 Å². The number of hydrazone groups is 1. The van der Waals surface area contributed by atoms with Crippen LogP contribution in [-0.4, -0.2) is 29.8 Å². The van der Waals surface area contributed by atoms with E-state index in [-0.39, 0.29) is 11.4 Å². The Hall–Kier alpha value is -3.69. The van der Waals surface area contributed by atoms with Crippen molar-refractivity contribution in [3.63, 3.8) is 0 Å². The monoisotopic (exact) mass is 374 g/mol. The molecule has 0 radical (unpaired) electrons. The Morgan fingerprint density at radius 2 is 1.74 bits per heavy atom. The zero-order chi connectivity index (χ0) is 20.0. The first-order valence-corrected chi connectivity index (χ1v) is 7.78. The fourth-order valence-electron chi connectivity index (χ4n) is 2.36. The maximum atomic E-state index is 11.1. The third-order valence-corrected chi connectivity index (χ3v) is 3.66. The van der Waals surface area contributed by atoms with Crippen molar-refractivity contribution in [1.29, 1.82) is 0 Å². The molecule has 2 aromatic rings. The van der Waals surface area contributed by atoms with Crippen LogP contribution in [0.1, 0.15) is 12.5 Å². The lowest BCUT2D eigenvalue weighted by Gasteiger charge is -2.09. The minimum absolute atomic E-state index is 0.0669. The number of non-ortho nitro benzene ring substituents is 1. The highest BCUT2D eigenvalue weighted by Gasteiger charge is 2.19. The second-order valence-corrected chi connectivity index (χ2v) is 5.54. The van der Waals surface area contributed by atoms with Gasteiger partial charge in [-0.1, -0.05) is 6.07 Å². The Balaban J connectivity index is 2.18. The van der Waals surface area contributed by atoms with E-state index < -0.39 is 15.5 Å². The molecule has 10 nitrogen and oxygen atoms in total. The number of hydrogen-bond acceptors (Lipinski definition) is 8. The molecular weight excluding hydrogens is 356 g/mol. The van der Waals surface area contributed by atoms with Crippen molar-refractivity contribution in [2.75, 3.05) is 19.6 Å². The van der Waals surface area contributed by atoms with Gasteiger partial charge in [-0.05, 0) is 30.7 Å². The van der Waals surface area contributed by atoms with Gasteiger partial charge in [-0.15, -0.1) is 0 Å². The van der Waals surface area contributed by atoms with E-state index in [0.29, 0.717) is 23.6 Å². The Morgan fingerprint density at radius 1 is 1.04 bits per heavy atom. The summed E-state index contributed by atoms with van der Waals surface area (Å²) in [5.41, 5.74) is 3.44. The van der Waals surface area contributed by atoms with Crippen molar-refractivity contribution in [2.24, 2.45) is 5.10 Å². The Kier molecular flexibility index (Phi) is 6.26. The van der Waals surface area contributed by atoms with Crippen molar-refractivity contribution in [2.45, 2.75) is 13.3 Å². The van der Waals surface area contributed by atoms with E-state index in [4.69, 9.17) is 9.47 Å². The molecule has 0 atom stereocenters. The van der Waals surface area contributed by atoms with Crippen LogP contribution in [0.2, 0.25) is 0 Å². The summed E-state index contributed by atoms with van der Waals surface area (Å²) in [7, 11) is 3.09. The standard InChI is InChI=1S/C17H18N4O6/c1-11(8-12-4-7-16(26-2)17(9-12)27-3)18-19-14-6-5-13(20(22)23)10-15(14)21(24)25/h4-7,9-10,19H,8H2,1-3H3/b18-11-. The quantitative estimate of drug-likeness (QED) is 0.425. The molecule has 0 fully saturated rings. The number of nitrogens with zero attached hydrogens (tertiary/aromatic N) is 3. The first-order chi connectivity index (χ1) is 12.8. The Labute approximate surface area is 154 Å². The average molecular weight is 374 g/mol. The van der Waals surface area contributed by atoms with E-state index >= 15 is 0 Å². The lowest BCUT2D eigenvalue weighted by Crippen LogP contribution is -2.04. The molecule has 0 amide bonds. The van der Waals surface area contributed by atoms with Crippen LogP contribution in [0.15, 0.2) is 41.5 Å². The first kappa shape index (κ1) is 19.6. The summed E-state index contributed by atoms with van der Waals surface area (Å²) in [6, 6.07) is 8.76. The predicted molar refractivity (Wildman–Crippen MR) is 99.7 cm³/mol. The number of ether oxygens (including phenoxy) is 2. The molecule has 0 saturated carbocycles. The molecule has 142 valence electrons. The van der Waals surface area contributed by atoms with Gasteiger partial charge in [0.2, 0.25) is 0 Å². The van der Waals surface area contributed by atoms with E-state index in [9.17, 15) is 20.2 Å². The lowest BCUT2D eigenvalue weighted by atomic mass is 10.1. The minimum atomic E-state index is -0.700. The van der Waals surface area contributed by atoms with Gasteiger partial charge in [0, 0.05) is 18.2 Å². The summed E-state index contributed by atoms with van der Waals surface area (Å²) >= 11 is 0. The second kappa shape index (κ2) is 8.61. The summed E-state index contributed by atoms with van der Waals surface area (Å²) in [5, 5.41) is 26.0. The molecule has 0 heterocycles. The molecule has 0 aromatic heterocycles. The van der Waals surface area contributed by atoms with Gasteiger partial charge in [0.1, 0.15) is 5.69 Å². The number of nitro groups is 2. The highest BCUT2D eigenvalue weighted by molar-refractivity contribution is 5.85. The SMILES string of the molecule is COc1ccc(C/C(C)=N\Nc2ccc([N+](=O)[O-])cc2[N+](=O)[O-])cc1OC. The zero-order valence-electron chi connectivity index (χ0n) is 15.0. The molecule has 0 spiro atoms. The Morgan fingerprint density at radius 3 is 2.33 bits per heavy atom. The number of nitrogens with one attached hydrogen (secondary N) is 1. The molecule has 0 saturated heterocycles. The Bertz CT molecular complexity index is 897.